The van der Waals surface area contributed by atoms with Crippen LogP contribution in [0.1, 0.15) is 37.3 Å². The van der Waals surface area contributed by atoms with Gasteiger partial charge in [0, 0.05) is 17.1 Å². The summed E-state index contributed by atoms with van der Waals surface area (Å²) in [6.07, 6.45) is 2.84. The van der Waals surface area contributed by atoms with Gasteiger partial charge < -0.3 is 10.1 Å². The van der Waals surface area contributed by atoms with Crippen LogP contribution in [0, 0.1) is 0 Å². The normalized spacial score (nSPS) is 15.4. The highest BCUT2D eigenvalue weighted by molar-refractivity contribution is 6.30. The zero-order valence-corrected chi connectivity index (χ0v) is 14.6. The molecular weight excluding hydrogens is 322 g/mol. The van der Waals surface area contributed by atoms with Crippen molar-refractivity contribution < 1.29 is 9.53 Å². The zero-order valence-electron chi connectivity index (χ0n) is 13.8. The van der Waals surface area contributed by atoms with Gasteiger partial charge in [-0.05, 0) is 43.5 Å². The van der Waals surface area contributed by atoms with Crippen LogP contribution >= 0.6 is 11.6 Å². The first kappa shape index (κ1) is 16.8. The molecule has 0 saturated heterocycles. The lowest BCUT2D eigenvalue weighted by Gasteiger charge is -2.40. The van der Waals surface area contributed by atoms with E-state index < -0.39 is 5.41 Å². The van der Waals surface area contributed by atoms with E-state index in [1.807, 2.05) is 55.5 Å². The third-order valence-corrected chi connectivity index (χ3v) is 5.00. The van der Waals surface area contributed by atoms with Crippen LogP contribution in [-0.4, -0.2) is 12.5 Å². The fourth-order valence-corrected chi connectivity index (χ4v) is 3.36. The summed E-state index contributed by atoms with van der Waals surface area (Å²) in [5, 5.41) is 3.80. The lowest BCUT2D eigenvalue weighted by Crippen LogP contribution is -2.49. The Morgan fingerprint density at radius 3 is 2.50 bits per heavy atom. The SMILES string of the molecule is CCOc1ccccc1CNC(=O)C1(c2ccc(Cl)cc2)CCC1. The van der Waals surface area contributed by atoms with Gasteiger partial charge in [-0.2, -0.15) is 0 Å². The molecule has 0 radical (unpaired) electrons. The molecule has 1 N–H and O–H groups in total. The molecule has 0 atom stereocenters. The molecular formula is C20H22ClNO2. The summed E-state index contributed by atoms with van der Waals surface area (Å²) in [5.41, 5.74) is 1.64. The second kappa shape index (κ2) is 7.27. The van der Waals surface area contributed by atoms with E-state index in [0.29, 0.717) is 18.2 Å². The van der Waals surface area contributed by atoms with Gasteiger partial charge in [0.05, 0.1) is 12.0 Å². The van der Waals surface area contributed by atoms with Crippen molar-refractivity contribution in [2.75, 3.05) is 6.61 Å². The number of ether oxygens (including phenoxy) is 1. The molecule has 0 aliphatic heterocycles. The van der Waals surface area contributed by atoms with E-state index in [1.54, 1.807) is 0 Å². The van der Waals surface area contributed by atoms with Crippen LogP contribution in [0.2, 0.25) is 5.02 Å². The summed E-state index contributed by atoms with van der Waals surface area (Å²) < 4.78 is 5.63. The Labute approximate surface area is 148 Å². The highest BCUT2D eigenvalue weighted by Crippen LogP contribution is 2.44. The van der Waals surface area contributed by atoms with Crippen molar-refractivity contribution in [2.24, 2.45) is 0 Å². The van der Waals surface area contributed by atoms with Crippen LogP contribution in [0.25, 0.3) is 0 Å². The van der Waals surface area contributed by atoms with Gasteiger partial charge in [-0.15, -0.1) is 0 Å². The molecule has 1 amide bonds. The Bertz CT molecular complexity index is 708. The molecule has 24 heavy (non-hydrogen) atoms. The second-order valence-electron chi connectivity index (χ2n) is 6.17. The predicted octanol–water partition coefficient (Wildman–Crippen LogP) is 4.48. The maximum Gasteiger partial charge on any atom is 0.230 e. The Balaban J connectivity index is 1.73. The first-order valence-corrected chi connectivity index (χ1v) is 8.78. The van der Waals surface area contributed by atoms with Crippen molar-refractivity contribution in [1.29, 1.82) is 0 Å². The van der Waals surface area contributed by atoms with Gasteiger partial charge in [0.1, 0.15) is 5.75 Å². The Kier molecular flexibility index (Phi) is 5.10. The molecule has 0 unspecified atom stereocenters. The van der Waals surface area contributed by atoms with Crippen molar-refractivity contribution in [2.45, 2.75) is 38.1 Å². The van der Waals surface area contributed by atoms with Gasteiger partial charge in [0.25, 0.3) is 0 Å². The molecule has 0 spiro atoms. The van der Waals surface area contributed by atoms with E-state index in [2.05, 4.69) is 5.32 Å². The number of halogens is 1. The molecule has 0 bridgehead atoms. The fraction of sp³-hybridized carbons (Fsp3) is 0.350. The number of para-hydroxylation sites is 1. The molecule has 1 aliphatic rings. The first-order valence-electron chi connectivity index (χ1n) is 8.41. The Morgan fingerprint density at radius 1 is 1.17 bits per heavy atom. The number of benzene rings is 2. The molecule has 126 valence electrons. The smallest absolute Gasteiger partial charge is 0.230 e. The number of hydrogen-bond acceptors (Lipinski definition) is 2. The Hall–Kier alpha value is -2.00. The van der Waals surface area contributed by atoms with Crippen molar-refractivity contribution in [1.82, 2.24) is 5.32 Å². The van der Waals surface area contributed by atoms with Crippen LogP contribution in [-0.2, 0) is 16.8 Å². The highest BCUT2D eigenvalue weighted by Gasteiger charge is 2.45. The summed E-state index contributed by atoms with van der Waals surface area (Å²) >= 11 is 5.98. The van der Waals surface area contributed by atoms with Crippen LogP contribution in [0.15, 0.2) is 48.5 Å². The number of amides is 1. The molecule has 3 rings (SSSR count). The van der Waals surface area contributed by atoms with Gasteiger partial charge in [-0.25, -0.2) is 0 Å². The third kappa shape index (κ3) is 3.27. The zero-order chi connectivity index (χ0) is 17.0. The van der Waals surface area contributed by atoms with E-state index in [-0.39, 0.29) is 5.91 Å². The van der Waals surface area contributed by atoms with Crippen LogP contribution < -0.4 is 10.1 Å². The molecule has 2 aromatic rings. The highest BCUT2D eigenvalue weighted by atomic mass is 35.5. The van der Waals surface area contributed by atoms with Crippen molar-refractivity contribution in [3.05, 3.63) is 64.7 Å². The first-order chi connectivity index (χ1) is 11.7. The predicted molar refractivity (Wildman–Crippen MR) is 96.4 cm³/mol. The number of hydrogen-bond donors (Lipinski definition) is 1. The summed E-state index contributed by atoms with van der Waals surface area (Å²) in [7, 11) is 0. The van der Waals surface area contributed by atoms with Gasteiger partial charge in [0.2, 0.25) is 5.91 Å². The van der Waals surface area contributed by atoms with E-state index >= 15 is 0 Å². The Morgan fingerprint density at radius 2 is 1.88 bits per heavy atom. The van der Waals surface area contributed by atoms with Crippen molar-refractivity contribution in [3.63, 3.8) is 0 Å². The molecule has 1 aliphatic carbocycles. The van der Waals surface area contributed by atoms with E-state index in [1.165, 1.54) is 0 Å². The lowest BCUT2D eigenvalue weighted by molar-refractivity contribution is -0.130. The molecule has 2 aromatic carbocycles. The molecule has 3 nitrogen and oxygen atoms in total. The molecule has 1 fully saturated rings. The number of nitrogens with one attached hydrogen (secondary N) is 1. The lowest BCUT2D eigenvalue weighted by atomic mass is 9.64. The van der Waals surface area contributed by atoms with Gasteiger partial charge >= 0.3 is 0 Å². The van der Waals surface area contributed by atoms with Crippen LogP contribution in [0.4, 0.5) is 0 Å². The van der Waals surface area contributed by atoms with Crippen molar-refractivity contribution in [3.8, 4) is 5.75 Å². The minimum Gasteiger partial charge on any atom is -0.494 e. The largest absolute Gasteiger partial charge is 0.494 e. The maximum atomic E-state index is 12.9. The monoisotopic (exact) mass is 343 g/mol. The van der Waals surface area contributed by atoms with Gasteiger partial charge in [-0.1, -0.05) is 48.4 Å². The van der Waals surface area contributed by atoms with Crippen LogP contribution in [0.3, 0.4) is 0 Å². The van der Waals surface area contributed by atoms with Crippen LogP contribution in [0.5, 0.6) is 5.75 Å². The van der Waals surface area contributed by atoms with E-state index in [0.717, 1.165) is 36.1 Å². The summed E-state index contributed by atoms with van der Waals surface area (Å²) in [5.74, 6) is 0.914. The van der Waals surface area contributed by atoms with E-state index in [4.69, 9.17) is 16.3 Å². The molecule has 4 heteroatoms. The fourth-order valence-electron chi connectivity index (χ4n) is 3.24. The molecule has 1 saturated carbocycles. The summed E-state index contributed by atoms with van der Waals surface area (Å²) in [6, 6.07) is 15.5. The quantitative estimate of drug-likeness (QED) is 0.840. The van der Waals surface area contributed by atoms with E-state index in [9.17, 15) is 4.79 Å². The third-order valence-electron chi connectivity index (χ3n) is 4.75. The van der Waals surface area contributed by atoms with Gasteiger partial charge in [0.15, 0.2) is 0 Å². The van der Waals surface area contributed by atoms with Gasteiger partial charge in [-0.3, -0.25) is 4.79 Å². The number of rotatable bonds is 6. The summed E-state index contributed by atoms with van der Waals surface area (Å²) in [6.45, 7) is 3.04. The molecule has 0 heterocycles. The number of carbonyl (C=O) groups excluding carboxylic acids is 1. The molecule has 0 aromatic heterocycles. The minimum atomic E-state index is -0.412. The number of carbonyl (C=O) groups is 1. The average molecular weight is 344 g/mol. The minimum absolute atomic E-state index is 0.0855. The average Bonchev–Trinajstić information content (AvgIpc) is 2.55. The topological polar surface area (TPSA) is 38.3 Å². The maximum absolute atomic E-state index is 12.9. The second-order valence-corrected chi connectivity index (χ2v) is 6.60. The van der Waals surface area contributed by atoms with Crippen molar-refractivity contribution >= 4 is 17.5 Å². The standard InChI is InChI=1S/C20H22ClNO2/c1-2-24-18-7-4-3-6-15(18)14-22-19(23)20(12-5-13-20)16-8-10-17(21)11-9-16/h3-4,6-11H,2,5,12-14H2,1H3,(H,22,23). The summed E-state index contributed by atoms with van der Waals surface area (Å²) in [4.78, 5) is 12.9.